The molecule has 20 heavy (non-hydrogen) atoms. The van der Waals surface area contributed by atoms with Gasteiger partial charge in [0.15, 0.2) is 5.82 Å². The van der Waals surface area contributed by atoms with Crippen molar-refractivity contribution in [2.24, 2.45) is 0 Å². The summed E-state index contributed by atoms with van der Waals surface area (Å²) in [7, 11) is 0. The molecule has 0 aliphatic rings. The summed E-state index contributed by atoms with van der Waals surface area (Å²) in [6, 6.07) is 11.3. The Morgan fingerprint density at radius 3 is 2.45 bits per heavy atom. The summed E-state index contributed by atoms with van der Waals surface area (Å²) in [5, 5.41) is 7.05. The minimum Gasteiger partial charge on any atom is -0.337 e. The molecular formula is C13H8F3N3O. The van der Waals surface area contributed by atoms with Crippen molar-refractivity contribution in [3.8, 4) is 0 Å². The monoisotopic (exact) mass is 279 g/mol. The number of nitrogens with zero attached hydrogens (tertiary/aromatic N) is 2. The van der Waals surface area contributed by atoms with Gasteiger partial charge in [-0.2, -0.15) is 13.2 Å². The first-order chi connectivity index (χ1) is 9.54. The number of pyridine rings is 1. The van der Waals surface area contributed by atoms with E-state index >= 15 is 0 Å². The Labute approximate surface area is 111 Å². The molecule has 0 fully saturated rings. The highest BCUT2D eigenvalue weighted by Crippen LogP contribution is 2.31. The summed E-state index contributed by atoms with van der Waals surface area (Å²) in [4.78, 5) is 3.41. The second-order valence-corrected chi connectivity index (χ2v) is 4.07. The summed E-state index contributed by atoms with van der Waals surface area (Å²) in [6.07, 6.45) is -4.51. The Bertz CT molecular complexity index is 737. The normalized spacial score (nSPS) is 11.8. The number of halogens is 3. The predicted molar refractivity (Wildman–Crippen MR) is 66.5 cm³/mol. The van der Waals surface area contributed by atoms with Gasteiger partial charge in [0.1, 0.15) is 5.69 Å². The molecule has 7 heteroatoms. The summed E-state index contributed by atoms with van der Waals surface area (Å²) < 4.78 is 42.4. The molecule has 4 nitrogen and oxygen atoms in total. The molecule has 0 amide bonds. The van der Waals surface area contributed by atoms with Gasteiger partial charge < -0.3 is 9.84 Å². The van der Waals surface area contributed by atoms with E-state index in [2.05, 4.69) is 15.5 Å². The number of nitrogens with one attached hydrogen (secondary N) is 1. The maximum absolute atomic E-state index is 12.5. The zero-order valence-electron chi connectivity index (χ0n) is 9.98. The van der Waals surface area contributed by atoms with Crippen LogP contribution < -0.4 is 5.32 Å². The molecule has 0 unspecified atom stereocenters. The molecule has 1 aromatic carbocycles. The fourth-order valence-electron chi connectivity index (χ4n) is 1.73. The molecule has 0 radical (unpaired) electrons. The van der Waals surface area contributed by atoms with Crippen molar-refractivity contribution in [1.82, 2.24) is 10.1 Å². The first-order valence-electron chi connectivity index (χ1n) is 5.70. The Kier molecular flexibility index (Phi) is 2.81. The van der Waals surface area contributed by atoms with E-state index in [0.717, 1.165) is 11.8 Å². The van der Waals surface area contributed by atoms with E-state index in [4.69, 9.17) is 4.52 Å². The van der Waals surface area contributed by atoms with E-state index in [-0.39, 0.29) is 5.71 Å². The number of hydrogen-bond donors (Lipinski definition) is 1. The molecule has 0 saturated heterocycles. The van der Waals surface area contributed by atoms with Gasteiger partial charge in [0.2, 0.25) is 0 Å². The van der Waals surface area contributed by atoms with Crippen LogP contribution >= 0.6 is 0 Å². The lowest BCUT2D eigenvalue weighted by Gasteiger charge is -2.04. The van der Waals surface area contributed by atoms with Crippen LogP contribution in [0.15, 0.2) is 47.0 Å². The third-order valence-corrected chi connectivity index (χ3v) is 2.67. The fourth-order valence-corrected chi connectivity index (χ4v) is 1.73. The maximum Gasteiger partial charge on any atom is 0.433 e. The molecule has 0 bridgehead atoms. The van der Waals surface area contributed by atoms with Crippen molar-refractivity contribution >= 4 is 22.6 Å². The largest absolute Gasteiger partial charge is 0.433 e. The van der Waals surface area contributed by atoms with Crippen LogP contribution in [0.2, 0.25) is 0 Å². The minimum atomic E-state index is -4.51. The van der Waals surface area contributed by atoms with E-state index in [1.807, 2.05) is 18.2 Å². The standard InChI is InChI=1S/C13H8F3N3O/c14-13(15,16)10-7-6-9-11(19-20-12(9)18-10)17-8-4-2-1-3-5-8/h1-7H,(H,17,19). The van der Waals surface area contributed by atoms with Crippen LogP contribution in [-0.4, -0.2) is 10.1 Å². The maximum atomic E-state index is 12.5. The summed E-state index contributed by atoms with van der Waals surface area (Å²) in [5.41, 5.74) is -0.409. The second-order valence-electron chi connectivity index (χ2n) is 4.07. The number of anilines is 2. The van der Waals surface area contributed by atoms with Crippen LogP contribution in [-0.2, 0) is 6.18 Å². The first-order valence-corrected chi connectivity index (χ1v) is 5.70. The van der Waals surface area contributed by atoms with Crippen LogP contribution in [0.4, 0.5) is 24.7 Å². The SMILES string of the molecule is FC(F)(F)c1ccc2c(Nc3ccccc3)noc2n1. The molecule has 2 aromatic heterocycles. The Morgan fingerprint density at radius 2 is 1.75 bits per heavy atom. The van der Waals surface area contributed by atoms with Crippen LogP contribution in [0.1, 0.15) is 5.69 Å². The second kappa shape index (κ2) is 4.52. The van der Waals surface area contributed by atoms with Gasteiger partial charge in [-0.05, 0) is 24.3 Å². The van der Waals surface area contributed by atoms with Crippen LogP contribution in [0.25, 0.3) is 11.1 Å². The van der Waals surface area contributed by atoms with E-state index < -0.39 is 11.9 Å². The minimum absolute atomic E-state index is 0.154. The fraction of sp³-hybridized carbons (Fsp3) is 0.0769. The molecule has 1 N–H and O–H groups in total. The smallest absolute Gasteiger partial charge is 0.337 e. The van der Waals surface area contributed by atoms with Crippen molar-refractivity contribution < 1.29 is 17.7 Å². The number of alkyl halides is 3. The number of fused-ring (bicyclic) bond motifs is 1. The van der Waals surface area contributed by atoms with Crippen LogP contribution in [0.3, 0.4) is 0 Å². The van der Waals surface area contributed by atoms with Crippen LogP contribution in [0, 0.1) is 0 Å². The van der Waals surface area contributed by atoms with Crippen molar-refractivity contribution in [1.29, 1.82) is 0 Å². The summed E-state index contributed by atoms with van der Waals surface area (Å²) >= 11 is 0. The average molecular weight is 279 g/mol. The molecule has 3 aromatic rings. The zero-order valence-corrected chi connectivity index (χ0v) is 9.98. The summed E-state index contributed by atoms with van der Waals surface area (Å²) in [5.74, 6) is 0.326. The lowest BCUT2D eigenvalue weighted by Crippen LogP contribution is -2.07. The number of aromatic nitrogens is 2. The van der Waals surface area contributed by atoms with Gasteiger partial charge in [0.25, 0.3) is 5.71 Å². The lowest BCUT2D eigenvalue weighted by atomic mass is 10.2. The highest BCUT2D eigenvalue weighted by Gasteiger charge is 2.33. The molecule has 0 atom stereocenters. The number of para-hydroxylation sites is 1. The number of hydrogen-bond acceptors (Lipinski definition) is 4. The number of rotatable bonds is 2. The molecule has 3 rings (SSSR count). The lowest BCUT2D eigenvalue weighted by molar-refractivity contribution is -0.141. The predicted octanol–water partition coefficient (Wildman–Crippen LogP) is 3.99. The average Bonchev–Trinajstić information content (AvgIpc) is 2.81. The Morgan fingerprint density at radius 1 is 1.00 bits per heavy atom. The number of benzene rings is 1. The molecule has 0 aliphatic carbocycles. The molecule has 102 valence electrons. The Balaban J connectivity index is 1.98. The van der Waals surface area contributed by atoms with Gasteiger partial charge in [-0.15, -0.1) is 0 Å². The molecular weight excluding hydrogens is 271 g/mol. The van der Waals surface area contributed by atoms with E-state index in [1.165, 1.54) is 6.07 Å². The zero-order chi connectivity index (χ0) is 14.2. The first kappa shape index (κ1) is 12.5. The molecule has 0 aliphatic heterocycles. The highest BCUT2D eigenvalue weighted by atomic mass is 19.4. The third-order valence-electron chi connectivity index (χ3n) is 2.67. The quantitative estimate of drug-likeness (QED) is 0.770. The highest BCUT2D eigenvalue weighted by molar-refractivity contribution is 5.87. The van der Waals surface area contributed by atoms with E-state index in [9.17, 15) is 13.2 Å². The molecule has 0 saturated carbocycles. The van der Waals surface area contributed by atoms with E-state index in [1.54, 1.807) is 12.1 Å². The van der Waals surface area contributed by atoms with Crippen molar-refractivity contribution in [2.45, 2.75) is 6.18 Å². The van der Waals surface area contributed by atoms with Crippen LogP contribution in [0.5, 0.6) is 0 Å². The molecule has 0 spiro atoms. The van der Waals surface area contributed by atoms with Gasteiger partial charge in [0, 0.05) is 5.69 Å². The third kappa shape index (κ3) is 2.29. The van der Waals surface area contributed by atoms with Gasteiger partial charge in [-0.3, -0.25) is 0 Å². The topological polar surface area (TPSA) is 51.0 Å². The summed E-state index contributed by atoms with van der Waals surface area (Å²) in [6.45, 7) is 0. The van der Waals surface area contributed by atoms with Crippen molar-refractivity contribution in [3.05, 3.63) is 48.2 Å². The van der Waals surface area contributed by atoms with E-state index in [0.29, 0.717) is 11.2 Å². The van der Waals surface area contributed by atoms with Gasteiger partial charge in [0.05, 0.1) is 5.39 Å². The molecule has 2 heterocycles. The van der Waals surface area contributed by atoms with Crippen molar-refractivity contribution in [3.63, 3.8) is 0 Å². The van der Waals surface area contributed by atoms with Gasteiger partial charge in [-0.1, -0.05) is 23.4 Å². The van der Waals surface area contributed by atoms with Crippen molar-refractivity contribution in [2.75, 3.05) is 5.32 Å². The van der Waals surface area contributed by atoms with Gasteiger partial charge in [-0.25, -0.2) is 4.98 Å². The van der Waals surface area contributed by atoms with Gasteiger partial charge >= 0.3 is 6.18 Å². The Hall–Kier alpha value is -2.57.